The van der Waals surface area contributed by atoms with Crippen LogP contribution in [0.3, 0.4) is 0 Å². The van der Waals surface area contributed by atoms with Crippen molar-refractivity contribution in [2.45, 2.75) is 50.7 Å². The zero-order valence-corrected chi connectivity index (χ0v) is 12.3. The highest BCUT2D eigenvalue weighted by molar-refractivity contribution is 6.03. The van der Waals surface area contributed by atoms with E-state index in [1.54, 1.807) is 4.90 Å². The minimum absolute atomic E-state index is 0.0953. The minimum Gasteiger partial charge on any atom is -0.467 e. The number of carbonyl (C=O) groups excluding carboxylic acids is 2. The van der Waals surface area contributed by atoms with E-state index < -0.39 is 29.4 Å². The second-order valence-corrected chi connectivity index (χ2v) is 6.33. The number of hydrogen-bond acceptors (Lipinski definition) is 4. The minimum atomic E-state index is -4.86. The number of esters is 1. The lowest BCUT2D eigenvalue weighted by molar-refractivity contribution is -0.170. The average molecular weight is 317 g/mol. The number of alkyl halides is 3. The summed E-state index contributed by atoms with van der Waals surface area (Å²) in [6, 6.07) is -0.562. The highest BCUT2D eigenvalue weighted by Crippen LogP contribution is 2.61. The molecule has 1 heterocycles. The molecule has 0 amide bonds. The summed E-state index contributed by atoms with van der Waals surface area (Å²) in [7, 11) is 1.27. The number of allylic oxidation sites excluding steroid dienone is 2. The Balaban J connectivity index is 1.95. The van der Waals surface area contributed by atoms with Crippen molar-refractivity contribution in [3.8, 4) is 0 Å². The van der Waals surface area contributed by atoms with Crippen LogP contribution in [-0.4, -0.2) is 42.5 Å². The molecule has 0 aromatic heterocycles. The molecule has 4 nitrogen and oxygen atoms in total. The predicted molar refractivity (Wildman–Crippen MR) is 70.7 cm³/mol. The van der Waals surface area contributed by atoms with Crippen LogP contribution in [0.25, 0.3) is 0 Å². The molecule has 122 valence electrons. The zero-order chi connectivity index (χ0) is 16.1. The average Bonchev–Trinajstić information content (AvgIpc) is 2.83. The molecule has 2 fully saturated rings. The molecule has 0 radical (unpaired) electrons. The number of hydrogen-bond donors (Lipinski definition) is 0. The highest BCUT2D eigenvalue weighted by atomic mass is 19.4. The fraction of sp³-hybridized carbons (Fsp3) is 0.733. The van der Waals surface area contributed by atoms with Gasteiger partial charge in [0.1, 0.15) is 6.04 Å². The molecule has 7 heteroatoms. The SMILES string of the molecule is COC(=O)C1CCCN1C1=C(C(=O)C(F)(F)F)C2(CCC2)C1. The Morgan fingerprint density at radius 1 is 1.27 bits per heavy atom. The van der Waals surface area contributed by atoms with Crippen molar-refractivity contribution in [1.82, 2.24) is 4.90 Å². The number of carbonyl (C=O) groups is 2. The van der Waals surface area contributed by atoms with Crippen LogP contribution in [0.4, 0.5) is 13.2 Å². The van der Waals surface area contributed by atoms with Gasteiger partial charge >= 0.3 is 12.1 Å². The molecule has 1 spiro atoms. The second kappa shape index (κ2) is 4.99. The van der Waals surface area contributed by atoms with Crippen LogP contribution in [0.5, 0.6) is 0 Å². The first-order chi connectivity index (χ1) is 10.3. The van der Waals surface area contributed by atoms with Crippen molar-refractivity contribution in [1.29, 1.82) is 0 Å². The third kappa shape index (κ3) is 2.13. The van der Waals surface area contributed by atoms with E-state index >= 15 is 0 Å². The van der Waals surface area contributed by atoms with Crippen LogP contribution in [0, 0.1) is 5.41 Å². The van der Waals surface area contributed by atoms with Crippen LogP contribution >= 0.6 is 0 Å². The Morgan fingerprint density at radius 2 is 1.95 bits per heavy atom. The summed E-state index contributed by atoms with van der Waals surface area (Å²) < 4.78 is 43.5. The maximum absolute atomic E-state index is 12.9. The van der Waals surface area contributed by atoms with E-state index in [1.165, 1.54) is 7.11 Å². The molecule has 0 bridgehead atoms. The van der Waals surface area contributed by atoms with Gasteiger partial charge in [-0.05, 0) is 32.1 Å². The van der Waals surface area contributed by atoms with Gasteiger partial charge in [0.25, 0.3) is 5.78 Å². The van der Waals surface area contributed by atoms with Gasteiger partial charge in [0.15, 0.2) is 0 Å². The van der Waals surface area contributed by atoms with Gasteiger partial charge in [-0.2, -0.15) is 13.2 Å². The molecule has 1 aliphatic heterocycles. The van der Waals surface area contributed by atoms with Crippen molar-refractivity contribution in [2.75, 3.05) is 13.7 Å². The Labute approximate surface area is 126 Å². The standard InChI is InChI=1S/C15H18F3NO3/c1-22-13(21)9-4-2-7-19(9)10-8-14(5-3-6-14)11(10)12(20)15(16,17)18/h9H,2-8H2,1H3. The third-order valence-corrected chi connectivity index (χ3v) is 5.19. The normalized spacial score (nSPS) is 26.7. The maximum Gasteiger partial charge on any atom is 0.454 e. The fourth-order valence-electron chi connectivity index (χ4n) is 3.96. The molecule has 22 heavy (non-hydrogen) atoms. The van der Waals surface area contributed by atoms with Gasteiger partial charge < -0.3 is 9.64 Å². The number of rotatable bonds is 3. The summed E-state index contributed by atoms with van der Waals surface area (Å²) in [5, 5.41) is 0. The maximum atomic E-state index is 12.9. The first kappa shape index (κ1) is 15.4. The molecule has 2 aliphatic carbocycles. The van der Waals surface area contributed by atoms with E-state index in [2.05, 4.69) is 0 Å². The van der Waals surface area contributed by atoms with E-state index in [0.29, 0.717) is 44.3 Å². The summed E-state index contributed by atoms with van der Waals surface area (Å²) in [6.07, 6.45) is -1.01. The quantitative estimate of drug-likeness (QED) is 0.751. The van der Waals surface area contributed by atoms with Gasteiger partial charge in [0, 0.05) is 23.2 Å². The van der Waals surface area contributed by atoms with Crippen molar-refractivity contribution in [3.05, 3.63) is 11.3 Å². The van der Waals surface area contributed by atoms with Gasteiger partial charge in [-0.15, -0.1) is 0 Å². The summed E-state index contributed by atoms with van der Waals surface area (Å²) >= 11 is 0. The number of likely N-dealkylation sites (tertiary alicyclic amines) is 1. The van der Waals surface area contributed by atoms with Crippen molar-refractivity contribution in [2.24, 2.45) is 5.41 Å². The lowest BCUT2D eigenvalue weighted by Crippen LogP contribution is -2.52. The van der Waals surface area contributed by atoms with Crippen LogP contribution in [0.1, 0.15) is 38.5 Å². The highest BCUT2D eigenvalue weighted by Gasteiger charge is 2.59. The van der Waals surface area contributed by atoms with Gasteiger partial charge in [-0.25, -0.2) is 4.79 Å². The number of halogens is 3. The van der Waals surface area contributed by atoms with E-state index in [4.69, 9.17) is 4.74 Å². The van der Waals surface area contributed by atoms with Crippen molar-refractivity contribution < 1.29 is 27.5 Å². The van der Waals surface area contributed by atoms with Gasteiger partial charge in [0.05, 0.1) is 7.11 Å². The Kier molecular flexibility index (Phi) is 3.49. The molecule has 1 atom stereocenters. The molecule has 1 saturated heterocycles. The largest absolute Gasteiger partial charge is 0.467 e. The van der Waals surface area contributed by atoms with E-state index in [9.17, 15) is 22.8 Å². The molecule has 3 rings (SSSR count). The number of nitrogens with zero attached hydrogens (tertiary/aromatic N) is 1. The molecular weight excluding hydrogens is 299 g/mol. The topological polar surface area (TPSA) is 46.6 Å². The van der Waals surface area contributed by atoms with Crippen LogP contribution in [0.2, 0.25) is 0 Å². The number of Topliss-reactive ketones (excluding diaryl/α,β-unsaturated/α-hetero) is 1. The molecule has 1 saturated carbocycles. The third-order valence-electron chi connectivity index (χ3n) is 5.19. The monoisotopic (exact) mass is 317 g/mol. The zero-order valence-electron chi connectivity index (χ0n) is 12.3. The summed E-state index contributed by atoms with van der Waals surface area (Å²) in [4.78, 5) is 25.3. The van der Waals surface area contributed by atoms with Gasteiger partial charge in [0.2, 0.25) is 0 Å². The first-order valence-corrected chi connectivity index (χ1v) is 7.50. The Bertz CT molecular complexity index is 549. The number of ketones is 1. The summed E-state index contributed by atoms with van der Waals surface area (Å²) in [5.41, 5.74) is -0.275. The molecule has 0 N–H and O–H groups in total. The molecule has 0 aromatic rings. The molecule has 0 aromatic carbocycles. The lowest BCUT2D eigenvalue weighted by atomic mass is 9.53. The number of ether oxygens (including phenoxy) is 1. The summed E-state index contributed by atoms with van der Waals surface area (Å²) in [5.74, 6) is -2.18. The fourth-order valence-corrected chi connectivity index (χ4v) is 3.96. The summed E-state index contributed by atoms with van der Waals surface area (Å²) in [6.45, 7) is 0.500. The van der Waals surface area contributed by atoms with Crippen LogP contribution < -0.4 is 0 Å². The van der Waals surface area contributed by atoms with Gasteiger partial charge in [-0.3, -0.25) is 4.79 Å². The predicted octanol–water partition coefficient (Wildman–Crippen LogP) is 2.58. The number of methoxy groups -OCH3 is 1. The Hall–Kier alpha value is -1.53. The smallest absolute Gasteiger partial charge is 0.454 e. The van der Waals surface area contributed by atoms with E-state index in [0.717, 1.165) is 6.42 Å². The van der Waals surface area contributed by atoms with E-state index in [-0.39, 0.29) is 5.57 Å². The second-order valence-electron chi connectivity index (χ2n) is 6.33. The first-order valence-electron chi connectivity index (χ1n) is 7.50. The van der Waals surface area contributed by atoms with Crippen molar-refractivity contribution in [3.63, 3.8) is 0 Å². The molecule has 1 unspecified atom stereocenters. The molecule has 3 aliphatic rings. The van der Waals surface area contributed by atoms with Crippen LogP contribution in [-0.2, 0) is 14.3 Å². The van der Waals surface area contributed by atoms with Crippen molar-refractivity contribution >= 4 is 11.8 Å². The van der Waals surface area contributed by atoms with E-state index in [1.807, 2.05) is 0 Å². The van der Waals surface area contributed by atoms with Crippen LogP contribution in [0.15, 0.2) is 11.3 Å². The van der Waals surface area contributed by atoms with Gasteiger partial charge in [-0.1, -0.05) is 6.42 Å². The molecular formula is C15H18F3NO3. The lowest BCUT2D eigenvalue weighted by Gasteiger charge is -2.54. The Morgan fingerprint density at radius 3 is 2.45 bits per heavy atom.